The number of alkyl halides is 3. The molecule has 8 heteroatoms. The maximum absolute atomic E-state index is 13.7. The highest BCUT2D eigenvalue weighted by Gasteiger charge is 2.28. The van der Waals surface area contributed by atoms with E-state index in [4.69, 9.17) is 0 Å². The molecule has 1 unspecified atom stereocenters. The van der Waals surface area contributed by atoms with E-state index < -0.39 is 30.5 Å². The van der Waals surface area contributed by atoms with Crippen LogP contribution in [0.15, 0.2) is 16.6 Å². The molecule has 20 heavy (non-hydrogen) atoms. The van der Waals surface area contributed by atoms with Gasteiger partial charge in [-0.2, -0.15) is 13.2 Å². The zero-order valence-corrected chi connectivity index (χ0v) is 12.1. The van der Waals surface area contributed by atoms with Gasteiger partial charge >= 0.3 is 6.18 Å². The predicted octanol–water partition coefficient (Wildman–Crippen LogP) is 3.44. The Balaban J connectivity index is 2.67. The van der Waals surface area contributed by atoms with E-state index in [0.29, 0.717) is 0 Å². The molecule has 0 aliphatic carbocycles. The van der Waals surface area contributed by atoms with Crippen molar-refractivity contribution in [3.05, 3.63) is 33.8 Å². The van der Waals surface area contributed by atoms with Gasteiger partial charge in [0.05, 0.1) is 11.1 Å². The predicted molar refractivity (Wildman–Crippen MR) is 67.5 cm³/mol. The first-order chi connectivity index (χ1) is 9.24. The van der Waals surface area contributed by atoms with Crippen molar-refractivity contribution >= 4 is 15.9 Å². The Bertz CT molecular complexity index is 452. The molecule has 1 rings (SSSR count). The van der Waals surface area contributed by atoms with Crippen LogP contribution in [0.5, 0.6) is 0 Å². The summed E-state index contributed by atoms with van der Waals surface area (Å²) in [6.07, 6.45) is -4.55. The van der Waals surface area contributed by atoms with Crippen LogP contribution < -0.4 is 5.32 Å². The average molecular weight is 362 g/mol. The van der Waals surface area contributed by atoms with Crippen LogP contribution in [0.3, 0.4) is 0 Å². The summed E-state index contributed by atoms with van der Waals surface area (Å²) in [7, 11) is 1.48. The van der Waals surface area contributed by atoms with Crippen LogP contribution in [0.1, 0.15) is 5.56 Å². The molecule has 0 aromatic heterocycles. The normalized spacial score (nSPS) is 13.6. The van der Waals surface area contributed by atoms with E-state index in [-0.39, 0.29) is 23.1 Å². The number of hydrogen-bond donors (Lipinski definition) is 1. The summed E-state index contributed by atoms with van der Waals surface area (Å²) in [6, 6.07) is 1.68. The molecule has 0 aliphatic rings. The van der Waals surface area contributed by atoms with Crippen LogP contribution in [0, 0.1) is 11.6 Å². The fourth-order valence-corrected chi connectivity index (χ4v) is 1.94. The van der Waals surface area contributed by atoms with E-state index in [1.165, 1.54) is 13.1 Å². The lowest BCUT2D eigenvalue weighted by atomic mass is 10.1. The van der Waals surface area contributed by atoms with Gasteiger partial charge in [-0.25, -0.2) is 8.78 Å². The molecule has 0 fully saturated rings. The Kier molecular flexibility index (Phi) is 6.35. The third-order valence-electron chi connectivity index (χ3n) is 2.58. The van der Waals surface area contributed by atoms with Crippen molar-refractivity contribution < 1.29 is 26.7 Å². The average Bonchev–Trinajstić information content (AvgIpc) is 2.35. The standard InChI is InChI=1S/C12H13BrF5NO/c1-19-7(5-20-6-12(16,17)18)4-8-10(14)3-2-9(13)11(8)15/h2-3,7,19H,4-6H2,1H3. The molecule has 0 amide bonds. The third kappa shape index (κ3) is 5.34. The zero-order chi connectivity index (χ0) is 15.3. The van der Waals surface area contributed by atoms with Crippen molar-refractivity contribution in [2.45, 2.75) is 18.6 Å². The molecule has 0 saturated carbocycles. The van der Waals surface area contributed by atoms with Crippen LogP contribution >= 0.6 is 15.9 Å². The largest absolute Gasteiger partial charge is 0.411 e. The Morgan fingerprint density at radius 3 is 2.50 bits per heavy atom. The van der Waals surface area contributed by atoms with Crippen molar-refractivity contribution in [2.75, 3.05) is 20.3 Å². The van der Waals surface area contributed by atoms with Gasteiger partial charge in [-0.3, -0.25) is 0 Å². The van der Waals surface area contributed by atoms with Crippen LogP contribution in [-0.4, -0.2) is 32.5 Å². The summed E-state index contributed by atoms with van der Waals surface area (Å²) in [5.74, 6) is -1.51. The maximum atomic E-state index is 13.7. The number of rotatable bonds is 6. The minimum atomic E-state index is -4.43. The summed E-state index contributed by atoms with van der Waals surface area (Å²) in [5, 5.41) is 2.67. The van der Waals surface area contributed by atoms with Crippen molar-refractivity contribution in [2.24, 2.45) is 0 Å². The first-order valence-corrected chi connectivity index (χ1v) is 6.48. The van der Waals surface area contributed by atoms with E-state index >= 15 is 0 Å². The van der Waals surface area contributed by atoms with Crippen LogP contribution in [0.25, 0.3) is 0 Å². The smallest absolute Gasteiger partial charge is 0.370 e. The fourth-order valence-electron chi connectivity index (χ4n) is 1.56. The minimum absolute atomic E-state index is 0.0972. The number of ether oxygens (including phenoxy) is 1. The van der Waals surface area contributed by atoms with Crippen LogP contribution in [0.2, 0.25) is 0 Å². The second-order valence-electron chi connectivity index (χ2n) is 4.14. The molecule has 1 atom stereocenters. The van der Waals surface area contributed by atoms with E-state index in [0.717, 1.165) is 6.07 Å². The van der Waals surface area contributed by atoms with Gasteiger partial charge < -0.3 is 10.1 Å². The summed E-state index contributed by atoms with van der Waals surface area (Å²) < 4.78 is 67.7. The summed E-state index contributed by atoms with van der Waals surface area (Å²) in [4.78, 5) is 0. The lowest BCUT2D eigenvalue weighted by molar-refractivity contribution is -0.175. The lowest BCUT2D eigenvalue weighted by Crippen LogP contribution is -2.34. The summed E-state index contributed by atoms with van der Waals surface area (Å²) in [6.45, 7) is -1.70. The molecule has 0 heterocycles. The van der Waals surface area contributed by atoms with Gasteiger partial charge in [0.1, 0.15) is 18.2 Å². The molecule has 0 spiro atoms. The van der Waals surface area contributed by atoms with Gasteiger partial charge in [0.15, 0.2) is 0 Å². The van der Waals surface area contributed by atoms with E-state index in [2.05, 4.69) is 26.0 Å². The van der Waals surface area contributed by atoms with Crippen LogP contribution in [-0.2, 0) is 11.2 Å². The van der Waals surface area contributed by atoms with Gasteiger partial charge in [-0.1, -0.05) is 0 Å². The van der Waals surface area contributed by atoms with E-state index in [1.54, 1.807) is 0 Å². The highest BCUT2D eigenvalue weighted by molar-refractivity contribution is 9.10. The highest BCUT2D eigenvalue weighted by atomic mass is 79.9. The Morgan fingerprint density at radius 1 is 1.30 bits per heavy atom. The molecule has 1 N–H and O–H groups in total. The SMILES string of the molecule is CNC(COCC(F)(F)F)Cc1c(F)ccc(Br)c1F. The Hall–Kier alpha value is -0.730. The second-order valence-corrected chi connectivity index (χ2v) is 5.00. The topological polar surface area (TPSA) is 21.3 Å². The maximum Gasteiger partial charge on any atom is 0.411 e. The molecular formula is C12H13BrF5NO. The van der Waals surface area contributed by atoms with Gasteiger partial charge in [0, 0.05) is 11.6 Å². The Labute approximate surface area is 121 Å². The minimum Gasteiger partial charge on any atom is -0.370 e. The molecule has 0 radical (unpaired) electrons. The van der Waals surface area contributed by atoms with Crippen molar-refractivity contribution in [1.82, 2.24) is 5.32 Å². The molecule has 0 bridgehead atoms. The van der Waals surface area contributed by atoms with E-state index in [1.807, 2.05) is 0 Å². The van der Waals surface area contributed by atoms with Gasteiger partial charge in [-0.15, -0.1) is 0 Å². The molecule has 0 saturated heterocycles. The summed E-state index contributed by atoms with van der Waals surface area (Å²) >= 11 is 2.93. The lowest BCUT2D eigenvalue weighted by Gasteiger charge is -2.18. The number of nitrogens with one attached hydrogen (secondary N) is 1. The molecule has 1 aromatic rings. The molecular weight excluding hydrogens is 349 g/mol. The van der Waals surface area contributed by atoms with Crippen molar-refractivity contribution in [1.29, 1.82) is 0 Å². The van der Waals surface area contributed by atoms with Crippen molar-refractivity contribution in [3.63, 3.8) is 0 Å². The number of hydrogen-bond acceptors (Lipinski definition) is 2. The first-order valence-electron chi connectivity index (χ1n) is 5.68. The molecule has 1 aromatic carbocycles. The first kappa shape index (κ1) is 17.3. The fraction of sp³-hybridized carbons (Fsp3) is 0.500. The molecule has 114 valence electrons. The molecule has 2 nitrogen and oxygen atoms in total. The second kappa shape index (κ2) is 7.33. The van der Waals surface area contributed by atoms with E-state index in [9.17, 15) is 22.0 Å². The Morgan fingerprint density at radius 2 is 1.95 bits per heavy atom. The summed E-state index contributed by atoms with van der Waals surface area (Å²) in [5.41, 5.74) is -0.200. The number of benzene rings is 1. The quantitative estimate of drug-likeness (QED) is 0.619. The van der Waals surface area contributed by atoms with Crippen molar-refractivity contribution in [3.8, 4) is 0 Å². The van der Waals surface area contributed by atoms with Gasteiger partial charge in [0.25, 0.3) is 0 Å². The van der Waals surface area contributed by atoms with Gasteiger partial charge in [0.2, 0.25) is 0 Å². The number of halogens is 6. The number of likely N-dealkylation sites (N-methyl/N-ethyl adjacent to an activating group) is 1. The van der Waals surface area contributed by atoms with Gasteiger partial charge in [-0.05, 0) is 41.5 Å². The molecule has 0 aliphatic heterocycles. The third-order valence-corrected chi connectivity index (χ3v) is 3.19. The monoisotopic (exact) mass is 361 g/mol. The zero-order valence-electron chi connectivity index (χ0n) is 10.5. The highest BCUT2D eigenvalue weighted by Crippen LogP contribution is 2.23. The van der Waals surface area contributed by atoms with Crippen LogP contribution in [0.4, 0.5) is 22.0 Å².